The fraction of sp³-hybridized carbons (Fsp3) is 0.381. The van der Waals surface area contributed by atoms with E-state index in [0.29, 0.717) is 12.4 Å². The molecule has 5 nitrogen and oxygen atoms in total. The predicted octanol–water partition coefficient (Wildman–Crippen LogP) is 4.09. The Morgan fingerprint density at radius 1 is 1.26 bits per heavy atom. The molecule has 0 bridgehead atoms. The zero-order valence-corrected chi connectivity index (χ0v) is 16.4. The summed E-state index contributed by atoms with van der Waals surface area (Å²) in [5, 5.41) is 13.3. The van der Waals surface area contributed by atoms with Crippen LogP contribution in [0.1, 0.15) is 40.2 Å². The van der Waals surface area contributed by atoms with Crippen molar-refractivity contribution >= 4 is 27.2 Å². The fourth-order valence-corrected chi connectivity index (χ4v) is 4.95. The minimum Gasteiger partial charge on any atom is -0.378 e. The molecule has 0 radical (unpaired) electrons. The molecule has 0 spiro atoms. The van der Waals surface area contributed by atoms with Crippen molar-refractivity contribution in [2.24, 2.45) is 0 Å². The van der Waals surface area contributed by atoms with Crippen LogP contribution in [0.3, 0.4) is 0 Å². The largest absolute Gasteiger partial charge is 0.378 e. The molecular formula is C21H22N4OS. The summed E-state index contributed by atoms with van der Waals surface area (Å²) in [7, 11) is 0. The Kier molecular flexibility index (Phi) is 4.71. The van der Waals surface area contributed by atoms with Gasteiger partial charge in [0.25, 0.3) is 5.56 Å². The molecule has 1 aliphatic carbocycles. The van der Waals surface area contributed by atoms with Crippen molar-refractivity contribution in [2.45, 2.75) is 52.6 Å². The molecule has 0 amide bonds. The van der Waals surface area contributed by atoms with E-state index in [9.17, 15) is 10.1 Å². The van der Waals surface area contributed by atoms with Gasteiger partial charge < -0.3 is 5.32 Å². The maximum Gasteiger partial charge on any atom is 0.263 e. The number of benzene rings is 1. The molecule has 0 fully saturated rings. The lowest BCUT2D eigenvalue weighted by atomic mass is 9.97. The fourth-order valence-electron chi connectivity index (χ4n) is 3.68. The molecule has 2 aromatic heterocycles. The number of hydrogen-bond donors (Lipinski definition) is 1. The average molecular weight is 379 g/mol. The minimum atomic E-state index is -0.0714. The van der Waals surface area contributed by atoms with E-state index in [2.05, 4.69) is 37.4 Å². The number of nitriles is 1. The number of thiophene rings is 1. The van der Waals surface area contributed by atoms with Crippen LogP contribution in [-0.4, -0.2) is 9.55 Å². The van der Waals surface area contributed by atoms with Crippen molar-refractivity contribution in [3.8, 4) is 6.07 Å². The molecule has 2 heterocycles. The van der Waals surface area contributed by atoms with E-state index in [1.54, 1.807) is 11.3 Å². The molecule has 3 aromatic rings. The molecule has 6 heteroatoms. The van der Waals surface area contributed by atoms with Gasteiger partial charge >= 0.3 is 0 Å². The SMILES string of the molecule is Cc1ccc(NCc2nc3sc4c(c3c(=O)n2CC#N)CCCC4)cc1C. The molecular weight excluding hydrogens is 356 g/mol. The highest BCUT2D eigenvalue weighted by molar-refractivity contribution is 7.18. The number of hydrogen-bond acceptors (Lipinski definition) is 5. The van der Waals surface area contributed by atoms with Crippen LogP contribution in [0.2, 0.25) is 0 Å². The molecule has 1 aromatic carbocycles. The Morgan fingerprint density at radius 2 is 2.07 bits per heavy atom. The first-order chi connectivity index (χ1) is 13.1. The lowest BCUT2D eigenvalue weighted by Crippen LogP contribution is -2.26. The predicted molar refractivity (Wildman–Crippen MR) is 109 cm³/mol. The Hall–Kier alpha value is -2.65. The Bertz CT molecular complexity index is 1120. The minimum absolute atomic E-state index is 0.0241. The standard InChI is InChI=1S/C21H22N4OS/c1-13-7-8-15(11-14(13)2)23-12-18-24-20-19(21(26)25(18)10-9-22)16-5-3-4-6-17(16)27-20/h7-8,11,23H,3-6,10,12H2,1-2H3. The quantitative estimate of drug-likeness (QED) is 0.742. The molecule has 0 saturated heterocycles. The van der Waals surface area contributed by atoms with Crippen molar-refractivity contribution < 1.29 is 0 Å². The first kappa shape index (κ1) is 17.7. The zero-order chi connectivity index (χ0) is 19.0. The van der Waals surface area contributed by atoms with E-state index in [-0.39, 0.29) is 12.1 Å². The first-order valence-electron chi connectivity index (χ1n) is 9.30. The van der Waals surface area contributed by atoms with Crippen molar-refractivity contribution in [1.82, 2.24) is 9.55 Å². The topological polar surface area (TPSA) is 70.7 Å². The third kappa shape index (κ3) is 3.24. The van der Waals surface area contributed by atoms with Crippen LogP contribution >= 0.6 is 11.3 Å². The van der Waals surface area contributed by atoms with Gasteiger partial charge in [-0.25, -0.2) is 4.98 Å². The monoisotopic (exact) mass is 378 g/mol. The van der Waals surface area contributed by atoms with Crippen molar-refractivity contribution in [2.75, 3.05) is 5.32 Å². The lowest BCUT2D eigenvalue weighted by molar-refractivity contribution is 0.692. The van der Waals surface area contributed by atoms with Crippen molar-refractivity contribution in [1.29, 1.82) is 5.26 Å². The maximum atomic E-state index is 13.1. The summed E-state index contributed by atoms with van der Waals surface area (Å²) in [4.78, 5) is 20.0. The van der Waals surface area contributed by atoms with Gasteiger partial charge in [-0.05, 0) is 68.4 Å². The maximum absolute atomic E-state index is 13.1. The summed E-state index contributed by atoms with van der Waals surface area (Å²) in [6.07, 6.45) is 4.27. The number of fused-ring (bicyclic) bond motifs is 3. The molecule has 0 aliphatic heterocycles. The van der Waals surface area contributed by atoms with Crippen molar-refractivity contribution in [3.63, 3.8) is 0 Å². The third-order valence-electron chi connectivity index (χ3n) is 5.34. The number of nitrogens with zero attached hydrogens (tertiary/aromatic N) is 3. The number of rotatable bonds is 4. The van der Waals surface area contributed by atoms with E-state index in [1.165, 1.54) is 32.6 Å². The molecule has 0 atom stereocenters. The zero-order valence-electron chi connectivity index (χ0n) is 15.6. The van der Waals surface area contributed by atoms with Gasteiger partial charge in [0.15, 0.2) is 0 Å². The Morgan fingerprint density at radius 3 is 2.85 bits per heavy atom. The van der Waals surface area contributed by atoms with Crippen molar-refractivity contribution in [3.05, 3.63) is 55.9 Å². The Balaban J connectivity index is 1.75. The van der Waals surface area contributed by atoms with E-state index >= 15 is 0 Å². The third-order valence-corrected chi connectivity index (χ3v) is 6.53. The van der Waals surface area contributed by atoms with Gasteiger partial charge in [0.2, 0.25) is 0 Å². The molecule has 27 heavy (non-hydrogen) atoms. The van der Waals surface area contributed by atoms with Gasteiger partial charge in [0, 0.05) is 10.6 Å². The summed E-state index contributed by atoms with van der Waals surface area (Å²) in [6.45, 7) is 4.60. The van der Waals surface area contributed by atoms with E-state index in [4.69, 9.17) is 4.98 Å². The van der Waals surface area contributed by atoms with Crippen LogP contribution in [-0.2, 0) is 25.9 Å². The van der Waals surface area contributed by atoms with Gasteiger partial charge in [-0.3, -0.25) is 9.36 Å². The lowest BCUT2D eigenvalue weighted by Gasteiger charge is -2.13. The van der Waals surface area contributed by atoms with E-state index in [0.717, 1.165) is 35.2 Å². The molecule has 0 saturated carbocycles. The Labute approximate surface area is 162 Å². The first-order valence-corrected chi connectivity index (χ1v) is 10.1. The van der Waals surface area contributed by atoms with Crippen LogP contribution < -0.4 is 10.9 Å². The number of aryl methyl sites for hydroxylation is 4. The number of nitrogens with one attached hydrogen (secondary N) is 1. The summed E-state index contributed by atoms with van der Waals surface area (Å²) >= 11 is 1.65. The number of aromatic nitrogens is 2. The van der Waals surface area contributed by atoms with Crippen LogP contribution in [0.5, 0.6) is 0 Å². The van der Waals surface area contributed by atoms with Crippen LogP contribution in [0.4, 0.5) is 5.69 Å². The van der Waals surface area contributed by atoms with E-state index in [1.807, 2.05) is 6.07 Å². The summed E-state index contributed by atoms with van der Waals surface area (Å²) in [5.41, 5.74) is 4.53. The van der Waals surface area contributed by atoms with Gasteiger partial charge in [-0.2, -0.15) is 5.26 Å². The van der Waals surface area contributed by atoms with Gasteiger partial charge in [0.05, 0.1) is 18.0 Å². The molecule has 0 unspecified atom stereocenters. The second-order valence-electron chi connectivity index (χ2n) is 7.12. The number of anilines is 1. The summed E-state index contributed by atoms with van der Waals surface area (Å²) in [5.74, 6) is 0.617. The van der Waals surface area contributed by atoms with E-state index < -0.39 is 0 Å². The second kappa shape index (κ2) is 7.16. The van der Waals surface area contributed by atoms with Gasteiger partial charge in [0.1, 0.15) is 17.2 Å². The average Bonchev–Trinajstić information content (AvgIpc) is 3.04. The smallest absolute Gasteiger partial charge is 0.263 e. The van der Waals surface area contributed by atoms with Gasteiger partial charge in [-0.1, -0.05) is 6.07 Å². The van der Waals surface area contributed by atoms with Crippen LogP contribution in [0.25, 0.3) is 10.2 Å². The molecule has 138 valence electrons. The molecule has 1 N–H and O–H groups in total. The second-order valence-corrected chi connectivity index (χ2v) is 8.20. The highest BCUT2D eigenvalue weighted by Crippen LogP contribution is 2.33. The normalized spacial score (nSPS) is 13.4. The van der Waals surface area contributed by atoms with Gasteiger partial charge in [-0.15, -0.1) is 11.3 Å². The van der Waals surface area contributed by atoms with Crippen LogP contribution in [0.15, 0.2) is 23.0 Å². The molecule has 1 aliphatic rings. The highest BCUT2D eigenvalue weighted by atomic mass is 32.1. The molecule has 4 rings (SSSR count). The van der Waals surface area contributed by atoms with Crippen LogP contribution in [0, 0.1) is 25.2 Å². The summed E-state index contributed by atoms with van der Waals surface area (Å²) in [6, 6.07) is 8.30. The summed E-state index contributed by atoms with van der Waals surface area (Å²) < 4.78 is 1.53. The highest BCUT2D eigenvalue weighted by Gasteiger charge is 2.21.